The highest BCUT2D eigenvalue weighted by molar-refractivity contribution is 7.89. The first kappa shape index (κ1) is 21.3. The van der Waals surface area contributed by atoms with Crippen molar-refractivity contribution >= 4 is 44.8 Å². The molecule has 0 aliphatic heterocycles. The molecule has 150 valence electrons. The number of nitrogens with zero attached hydrogens (tertiary/aromatic N) is 1. The first-order valence-corrected chi connectivity index (χ1v) is 10.9. The van der Waals surface area contributed by atoms with E-state index >= 15 is 0 Å². The van der Waals surface area contributed by atoms with Gasteiger partial charge < -0.3 is 5.32 Å². The van der Waals surface area contributed by atoms with Gasteiger partial charge in [-0.1, -0.05) is 65.7 Å². The van der Waals surface area contributed by atoms with Crippen molar-refractivity contribution in [3.05, 3.63) is 94.5 Å². The van der Waals surface area contributed by atoms with Crippen molar-refractivity contribution in [2.24, 2.45) is 0 Å². The van der Waals surface area contributed by atoms with Crippen LogP contribution in [-0.2, 0) is 21.4 Å². The Bertz CT molecular complexity index is 1090. The van der Waals surface area contributed by atoms with Crippen molar-refractivity contribution in [1.29, 1.82) is 0 Å². The summed E-state index contributed by atoms with van der Waals surface area (Å²) >= 11 is 12.0. The van der Waals surface area contributed by atoms with Crippen molar-refractivity contribution in [2.75, 3.05) is 11.9 Å². The van der Waals surface area contributed by atoms with Crippen LogP contribution in [0.1, 0.15) is 5.56 Å². The maximum atomic E-state index is 13.2. The van der Waals surface area contributed by atoms with Gasteiger partial charge in [-0.15, -0.1) is 0 Å². The molecule has 0 spiro atoms. The van der Waals surface area contributed by atoms with Crippen molar-refractivity contribution in [1.82, 2.24) is 4.31 Å². The fourth-order valence-corrected chi connectivity index (χ4v) is 4.42. The molecule has 8 heteroatoms. The van der Waals surface area contributed by atoms with Crippen LogP contribution < -0.4 is 5.32 Å². The summed E-state index contributed by atoms with van der Waals surface area (Å²) in [7, 11) is -3.91. The average Bonchev–Trinajstić information content (AvgIpc) is 2.71. The summed E-state index contributed by atoms with van der Waals surface area (Å²) in [4.78, 5) is 12.7. The van der Waals surface area contributed by atoms with Gasteiger partial charge >= 0.3 is 0 Å². The molecule has 0 unspecified atom stereocenters. The molecular weight excluding hydrogens is 431 g/mol. The summed E-state index contributed by atoms with van der Waals surface area (Å²) in [6, 6.07) is 21.7. The van der Waals surface area contributed by atoms with Gasteiger partial charge in [-0.2, -0.15) is 4.31 Å². The van der Waals surface area contributed by atoms with Crippen molar-refractivity contribution < 1.29 is 13.2 Å². The van der Waals surface area contributed by atoms with Crippen molar-refractivity contribution in [3.8, 4) is 0 Å². The molecule has 0 radical (unpaired) electrons. The molecule has 29 heavy (non-hydrogen) atoms. The summed E-state index contributed by atoms with van der Waals surface area (Å²) in [5, 5.41) is 3.39. The fourth-order valence-electron chi connectivity index (χ4n) is 2.69. The van der Waals surface area contributed by atoms with Gasteiger partial charge in [0.1, 0.15) is 0 Å². The van der Waals surface area contributed by atoms with Gasteiger partial charge in [-0.25, -0.2) is 8.42 Å². The maximum absolute atomic E-state index is 13.2. The molecule has 3 aromatic carbocycles. The summed E-state index contributed by atoms with van der Waals surface area (Å²) < 4.78 is 27.4. The molecule has 0 saturated heterocycles. The van der Waals surface area contributed by atoms with Gasteiger partial charge in [0, 0.05) is 12.2 Å². The zero-order valence-electron chi connectivity index (χ0n) is 15.3. The number of halogens is 2. The van der Waals surface area contributed by atoms with Gasteiger partial charge in [0.05, 0.1) is 21.5 Å². The Morgan fingerprint density at radius 1 is 0.862 bits per heavy atom. The molecule has 0 bridgehead atoms. The van der Waals surface area contributed by atoms with E-state index < -0.39 is 15.9 Å². The normalized spacial score (nSPS) is 11.4. The summed E-state index contributed by atoms with van der Waals surface area (Å²) in [6.07, 6.45) is 0. The number of nitrogens with one attached hydrogen (secondary N) is 1. The molecule has 5 nitrogen and oxygen atoms in total. The van der Waals surface area contributed by atoms with Crippen LogP contribution in [0.2, 0.25) is 10.0 Å². The molecular formula is C21H18Cl2N2O3S. The zero-order chi connectivity index (χ0) is 20.9. The van der Waals surface area contributed by atoms with E-state index in [0.29, 0.717) is 21.3 Å². The maximum Gasteiger partial charge on any atom is 0.243 e. The van der Waals surface area contributed by atoms with E-state index in [4.69, 9.17) is 23.2 Å². The van der Waals surface area contributed by atoms with Gasteiger partial charge in [-0.3, -0.25) is 4.79 Å². The number of sulfonamides is 1. The third-order valence-corrected chi connectivity index (χ3v) is 6.65. The Hall–Kier alpha value is -2.38. The van der Waals surface area contributed by atoms with E-state index in [1.54, 1.807) is 60.7 Å². The molecule has 0 fully saturated rings. The molecule has 3 aromatic rings. The van der Waals surface area contributed by atoms with Crippen LogP contribution in [0.3, 0.4) is 0 Å². The van der Waals surface area contributed by atoms with Gasteiger partial charge in [-0.05, 0) is 42.0 Å². The molecule has 3 rings (SSSR count). The number of rotatable bonds is 7. The second kappa shape index (κ2) is 9.41. The largest absolute Gasteiger partial charge is 0.325 e. The molecule has 0 atom stereocenters. The van der Waals surface area contributed by atoms with Crippen LogP contribution in [0.4, 0.5) is 5.69 Å². The smallest absolute Gasteiger partial charge is 0.243 e. The van der Waals surface area contributed by atoms with E-state index in [2.05, 4.69) is 5.32 Å². The van der Waals surface area contributed by atoms with E-state index in [9.17, 15) is 13.2 Å². The molecule has 1 amide bonds. The van der Waals surface area contributed by atoms with E-state index in [1.165, 1.54) is 12.1 Å². The van der Waals surface area contributed by atoms with E-state index in [-0.39, 0.29) is 18.0 Å². The van der Waals surface area contributed by atoms with Crippen LogP contribution >= 0.6 is 23.2 Å². The second-order valence-electron chi connectivity index (χ2n) is 6.25. The molecule has 0 aliphatic carbocycles. The minimum atomic E-state index is -3.91. The quantitative estimate of drug-likeness (QED) is 0.562. The van der Waals surface area contributed by atoms with Gasteiger partial charge in [0.25, 0.3) is 0 Å². The Morgan fingerprint density at radius 3 is 2.10 bits per heavy atom. The van der Waals surface area contributed by atoms with Crippen LogP contribution in [0.25, 0.3) is 0 Å². The number of carbonyl (C=O) groups is 1. The summed E-state index contributed by atoms with van der Waals surface area (Å²) in [5.41, 5.74) is 1.20. The van der Waals surface area contributed by atoms with Crippen LogP contribution in [-0.4, -0.2) is 25.2 Å². The van der Waals surface area contributed by atoms with Crippen LogP contribution in [0.5, 0.6) is 0 Å². The first-order valence-electron chi connectivity index (χ1n) is 8.70. The lowest BCUT2D eigenvalue weighted by Gasteiger charge is -2.22. The average molecular weight is 449 g/mol. The fraction of sp³-hybridized carbons (Fsp3) is 0.0952. The lowest BCUT2D eigenvalue weighted by molar-refractivity contribution is -0.116. The molecule has 0 heterocycles. The Morgan fingerprint density at radius 2 is 1.48 bits per heavy atom. The summed E-state index contributed by atoms with van der Waals surface area (Å²) in [6.45, 7) is -0.386. The van der Waals surface area contributed by atoms with Crippen molar-refractivity contribution in [2.45, 2.75) is 11.4 Å². The lowest BCUT2D eigenvalue weighted by Crippen LogP contribution is -2.37. The van der Waals surface area contributed by atoms with Gasteiger partial charge in [0.2, 0.25) is 15.9 Å². The third kappa shape index (κ3) is 5.58. The van der Waals surface area contributed by atoms with E-state index in [0.717, 1.165) is 4.31 Å². The van der Waals surface area contributed by atoms with E-state index in [1.807, 2.05) is 6.07 Å². The zero-order valence-corrected chi connectivity index (χ0v) is 17.6. The molecule has 0 saturated carbocycles. The predicted octanol–water partition coefficient (Wildman–Crippen LogP) is 4.82. The highest BCUT2D eigenvalue weighted by Crippen LogP contribution is 2.25. The highest BCUT2D eigenvalue weighted by Gasteiger charge is 2.27. The Labute approximate surface area is 179 Å². The SMILES string of the molecule is O=C(CN(Cc1ccc(Cl)c(Cl)c1)S(=O)(=O)c1ccccc1)Nc1ccccc1. The second-order valence-corrected chi connectivity index (χ2v) is 9.00. The minimum absolute atomic E-state index is 0.0314. The number of carbonyl (C=O) groups excluding carboxylic acids is 1. The third-order valence-electron chi connectivity index (χ3n) is 4.10. The molecule has 0 aromatic heterocycles. The Balaban J connectivity index is 1.88. The number of amides is 1. The topological polar surface area (TPSA) is 66.5 Å². The van der Waals surface area contributed by atoms with Crippen LogP contribution in [0.15, 0.2) is 83.8 Å². The minimum Gasteiger partial charge on any atom is -0.325 e. The number of hydrogen-bond donors (Lipinski definition) is 1. The van der Waals surface area contributed by atoms with Crippen LogP contribution in [0, 0.1) is 0 Å². The lowest BCUT2D eigenvalue weighted by atomic mass is 10.2. The van der Waals surface area contributed by atoms with Crippen molar-refractivity contribution in [3.63, 3.8) is 0 Å². The number of para-hydroxylation sites is 1. The Kier molecular flexibility index (Phi) is 6.92. The highest BCUT2D eigenvalue weighted by atomic mass is 35.5. The molecule has 1 N–H and O–H groups in total. The number of anilines is 1. The van der Waals surface area contributed by atoms with Gasteiger partial charge in [0.15, 0.2) is 0 Å². The summed E-state index contributed by atoms with van der Waals surface area (Å²) in [5.74, 6) is -0.448. The predicted molar refractivity (Wildman–Crippen MR) is 116 cm³/mol. The monoisotopic (exact) mass is 448 g/mol. The first-order chi connectivity index (χ1) is 13.9. The number of hydrogen-bond acceptors (Lipinski definition) is 3. The standard InChI is InChI=1S/C21H18Cl2N2O3S/c22-19-12-11-16(13-20(19)23)14-25(29(27,28)18-9-5-2-6-10-18)15-21(26)24-17-7-3-1-4-8-17/h1-13H,14-15H2,(H,24,26). The molecule has 0 aliphatic rings. The number of benzene rings is 3.